The molecule has 2 N–H and O–H groups in total. The summed E-state index contributed by atoms with van der Waals surface area (Å²) in [7, 11) is 0. The highest BCUT2D eigenvalue weighted by atomic mass is 32.1. The zero-order valence-corrected chi connectivity index (χ0v) is 6.90. The topological polar surface area (TPSA) is 26.0 Å². The van der Waals surface area contributed by atoms with Gasteiger partial charge < -0.3 is 5.73 Å². The molecule has 1 rings (SSSR count). The number of nitrogens with two attached hydrogens (primary N) is 1. The van der Waals surface area contributed by atoms with Gasteiger partial charge in [0.05, 0.1) is 6.33 Å². The van der Waals surface area contributed by atoms with Crippen LogP contribution >= 0.6 is 11.3 Å². The van der Waals surface area contributed by atoms with Crippen LogP contribution in [0.25, 0.3) is 0 Å². The maximum atomic E-state index is 12.0. The molecule has 60 valence electrons. The van der Waals surface area contributed by atoms with Crippen molar-refractivity contribution in [2.45, 2.75) is 6.42 Å². The minimum Gasteiger partial charge on any atom is -0.327 e. The maximum Gasteiger partial charge on any atom is 0.0875 e. The summed E-state index contributed by atoms with van der Waals surface area (Å²) >= 11 is 1.62. The molecule has 0 atom stereocenters. The van der Waals surface area contributed by atoms with E-state index in [2.05, 4.69) is 0 Å². The van der Waals surface area contributed by atoms with Gasteiger partial charge in [-0.2, -0.15) is 0 Å². The molecule has 1 nitrogen and oxygen atoms in total. The highest BCUT2D eigenvalue weighted by Gasteiger charge is 1.97. The lowest BCUT2D eigenvalue weighted by molar-refractivity contribution is 0.700. The predicted molar refractivity (Wildman–Crippen MR) is 46.3 cm³/mol. The van der Waals surface area contributed by atoms with Crippen LogP contribution in [0.4, 0.5) is 4.39 Å². The lowest BCUT2D eigenvalue weighted by atomic mass is 10.2. The molecule has 0 aliphatic carbocycles. The van der Waals surface area contributed by atoms with Crippen LogP contribution in [0.3, 0.4) is 0 Å². The lowest BCUT2D eigenvalue weighted by Gasteiger charge is -1.97. The van der Waals surface area contributed by atoms with E-state index in [4.69, 9.17) is 5.73 Å². The molecule has 0 saturated heterocycles. The van der Waals surface area contributed by atoms with Crippen molar-refractivity contribution < 1.29 is 4.39 Å². The average molecular weight is 171 g/mol. The van der Waals surface area contributed by atoms with Crippen molar-refractivity contribution in [3.8, 4) is 0 Å². The minimum absolute atomic E-state index is 0.300. The highest BCUT2D eigenvalue weighted by molar-refractivity contribution is 7.09. The molecule has 0 aliphatic heterocycles. The molecule has 0 aliphatic rings. The Morgan fingerprint density at radius 2 is 2.55 bits per heavy atom. The summed E-state index contributed by atoms with van der Waals surface area (Å²) in [6.07, 6.45) is 1.24. The number of thiophene rings is 1. The third-order valence-corrected chi connectivity index (χ3v) is 2.27. The van der Waals surface area contributed by atoms with Crippen molar-refractivity contribution in [2.75, 3.05) is 6.54 Å². The fraction of sp³-hybridized carbons (Fsp3) is 0.250. The number of rotatable bonds is 3. The summed E-state index contributed by atoms with van der Waals surface area (Å²) < 4.78 is 12.0. The SMILES string of the molecule is NCC(=CF)Cc1cccs1. The van der Waals surface area contributed by atoms with E-state index in [9.17, 15) is 4.39 Å². The fourth-order valence-electron chi connectivity index (χ4n) is 0.792. The number of hydrogen-bond donors (Lipinski definition) is 1. The second-order valence-corrected chi connectivity index (χ2v) is 3.26. The molecule has 0 spiro atoms. The van der Waals surface area contributed by atoms with Crippen LogP contribution in [0.5, 0.6) is 0 Å². The van der Waals surface area contributed by atoms with Crippen LogP contribution in [-0.2, 0) is 6.42 Å². The first-order valence-corrected chi connectivity index (χ1v) is 4.25. The van der Waals surface area contributed by atoms with Crippen LogP contribution in [0.1, 0.15) is 4.88 Å². The molecule has 0 aromatic carbocycles. The largest absolute Gasteiger partial charge is 0.327 e. The van der Waals surface area contributed by atoms with Crippen molar-refractivity contribution in [3.63, 3.8) is 0 Å². The predicted octanol–water partition coefficient (Wildman–Crippen LogP) is 2.10. The molecule has 0 bridgehead atoms. The summed E-state index contributed by atoms with van der Waals surface area (Å²) in [6.45, 7) is 0.300. The Morgan fingerprint density at radius 1 is 1.73 bits per heavy atom. The highest BCUT2D eigenvalue weighted by Crippen LogP contribution is 2.13. The third kappa shape index (κ3) is 2.44. The van der Waals surface area contributed by atoms with Gasteiger partial charge in [0.25, 0.3) is 0 Å². The second-order valence-electron chi connectivity index (χ2n) is 2.23. The Labute approximate surface area is 69.3 Å². The van der Waals surface area contributed by atoms with E-state index in [1.807, 2.05) is 17.5 Å². The van der Waals surface area contributed by atoms with Gasteiger partial charge in [-0.1, -0.05) is 6.07 Å². The van der Waals surface area contributed by atoms with Crippen molar-refractivity contribution in [2.24, 2.45) is 5.73 Å². The van der Waals surface area contributed by atoms with Gasteiger partial charge in [0.1, 0.15) is 0 Å². The van der Waals surface area contributed by atoms with E-state index in [1.165, 1.54) is 0 Å². The second kappa shape index (κ2) is 4.26. The zero-order chi connectivity index (χ0) is 8.10. The average Bonchev–Trinajstić information content (AvgIpc) is 2.52. The molecular weight excluding hydrogens is 161 g/mol. The van der Waals surface area contributed by atoms with E-state index in [-0.39, 0.29) is 0 Å². The lowest BCUT2D eigenvalue weighted by Crippen LogP contribution is -2.04. The van der Waals surface area contributed by atoms with Crippen LogP contribution in [-0.4, -0.2) is 6.54 Å². The van der Waals surface area contributed by atoms with E-state index < -0.39 is 0 Å². The molecule has 1 aromatic heterocycles. The summed E-state index contributed by atoms with van der Waals surface area (Å²) in [4.78, 5) is 1.15. The number of halogens is 1. The molecule has 0 amide bonds. The molecule has 1 aromatic rings. The number of hydrogen-bond acceptors (Lipinski definition) is 2. The summed E-state index contributed by atoms with van der Waals surface area (Å²) in [6, 6.07) is 3.93. The molecule has 0 fully saturated rings. The van der Waals surface area contributed by atoms with Gasteiger partial charge in [-0.25, -0.2) is 4.39 Å². The molecule has 0 radical (unpaired) electrons. The first-order chi connectivity index (χ1) is 5.36. The molecule has 0 unspecified atom stereocenters. The van der Waals surface area contributed by atoms with E-state index >= 15 is 0 Å². The Balaban J connectivity index is 2.55. The van der Waals surface area contributed by atoms with E-state index in [0.29, 0.717) is 24.9 Å². The monoisotopic (exact) mass is 171 g/mol. The van der Waals surface area contributed by atoms with Crippen LogP contribution in [0.2, 0.25) is 0 Å². The van der Waals surface area contributed by atoms with Crippen molar-refractivity contribution in [1.82, 2.24) is 0 Å². The third-order valence-electron chi connectivity index (χ3n) is 1.40. The molecular formula is C8H10FNS. The van der Waals surface area contributed by atoms with E-state index in [1.54, 1.807) is 11.3 Å². The molecule has 1 heterocycles. The van der Waals surface area contributed by atoms with Crippen LogP contribution in [0.15, 0.2) is 29.4 Å². The zero-order valence-electron chi connectivity index (χ0n) is 6.09. The Kier molecular flexibility index (Phi) is 3.26. The fourth-order valence-corrected chi connectivity index (χ4v) is 1.55. The minimum atomic E-state index is 0.300. The van der Waals surface area contributed by atoms with Gasteiger partial charge in [-0.3, -0.25) is 0 Å². The summed E-state index contributed by atoms with van der Waals surface area (Å²) in [5.41, 5.74) is 5.94. The van der Waals surface area contributed by atoms with E-state index in [0.717, 1.165) is 4.88 Å². The molecule has 3 heteroatoms. The van der Waals surface area contributed by atoms with Gasteiger partial charge in [-0.05, 0) is 17.0 Å². The smallest absolute Gasteiger partial charge is 0.0875 e. The Morgan fingerprint density at radius 3 is 3.00 bits per heavy atom. The molecule has 11 heavy (non-hydrogen) atoms. The Bertz CT molecular complexity index is 228. The van der Waals surface area contributed by atoms with Crippen molar-refractivity contribution in [3.05, 3.63) is 34.3 Å². The van der Waals surface area contributed by atoms with Gasteiger partial charge in [0.15, 0.2) is 0 Å². The van der Waals surface area contributed by atoms with Crippen molar-refractivity contribution in [1.29, 1.82) is 0 Å². The quantitative estimate of drug-likeness (QED) is 0.740. The first kappa shape index (κ1) is 8.43. The van der Waals surface area contributed by atoms with Crippen LogP contribution < -0.4 is 5.73 Å². The summed E-state index contributed by atoms with van der Waals surface area (Å²) in [5.74, 6) is 0. The van der Waals surface area contributed by atoms with Gasteiger partial charge in [0, 0.05) is 17.8 Å². The Hall–Kier alpha value is -0.670. The van der Waals surface area contributed by atoms with Crippen molar-refractivity contribution >= 4 is 11.3 Å². The summed E-state index contributed by atoms with van der Waals surface area (Å²) in [5, 5.41) is 1.97. The normalized spacial score (nSPS) is 12.0. The van der Waals surface area contributed by atoms with Crippen LogP contribution in [0, 0.1) is 0 Å². The molecule has 0 saturated carbocycles. The van der Waals surface area contributed by atoms with Gasteiger partial charge >= 0.3 is 0 Å². The maximum absolute atomic E-state index is 12.0. The standard InChI is InChI=1S/C8H10FNS/c9-5-7(6-10)4-8-2-1-3-11-8/h1-3,5H,4,6,10H2. The first-order valence-electron chi connectivity index (χ1n) is 3.37. The van der Waals surface area contributed by atoms with Gasteiger partial charge in [-0.15, -0.1) is 11.3 Å². The van der Waals surface area contributed by atoms with Gasteiger partial charge in [0.2, 0.25) is 0 Å².